The number of carbonyl (C=O) groups is 4. The van der Waals surface area contributed by atoms with Gasteiger partial charge in [0.25, 0.3) is 17.7 Å². The average Bonchev–Trinajstić information content (AvgIpc) is 3.03. The Morgan fingerprint density at radius 2 is 1.59 bits per heavy atom. The number of rotatable bonds is 8. The molecule has 0 radical (unpaired) electrons. The fourth-order valence-electron chi connectivity index (χ4n) is 3.12. The first-order valence-electron chi connectivity index (χ1n) is 9.43. The Bertz CT molecular complexity index is 1140. The minimum absolute atomic E-state index is 0.0349. The van der Waals surface area contributed by atoms with Crippen LogP contribution in [0, 0.1) is 0 Å². The minimum Gasteiger partial charge on any atom is -0.452 e. The first kappa shape index (κ1) is 23.2. The Balaban J connectivity index is 1.77. The highest BCUT2D eigenvalue weighted by Gasteiger charge is 2.37. The van der Waals surface area contributed by atoms with Crippen molar-refractivity contribution in [3.8, 4) is 0 Å². The third-order valence-electron chi connectivity index (χ3n) is 4.66. The van der Waals surface area contributed by atoms with Gasteiger partial charge in [-0.2, -0.15) is 0 Å². The minimum atomic E-state index is -0.799. The van der Waals surface area contributed by atoms with Crippen molar-refractivity contribution in [2.24, 2.45) is 0 Å². The van der Waals surface area contributed by atoms with Gasteiger partial charge in [0.15, 0.2) is 6.61 Å². The number of halogens is 2. The molecule has 3 rings (SSSR count). The van der Waals surface area contributed by atoms with Crippen LogP contribution in [0.5, 0.6) is 0 Å². The van der Waals surface area contributed by atoms with Crippen LogP contribution in [0.1, 0.15) is 31.1 Å². The van der Waals surface area contributed by atoms with Crippen LogP contribution >= 0.6 is 23.2 Å². The summed E-state index contributed by atoms with van der Waals surface area (Å²) in [6, 6.07) is 8.38. The summed E-state index contributed by atoms with van der Waals surface area (Å²) >= 11 is 11.9. The molecule has 9 heteroatoms. The number of benzene rings is 2. The van der Waals surface area contributed by atoms with E-state index < -0.39 is 30.3 Å². The van der Waals surface area contributed by atoms with Crippen LogP contribution < -0.4 is 4.90 Å². The Morgan fingerprint density at radius 1 is 0.938 bits per heavy atom. The van der Waals surface area contributed by atoms with Gasteiger partial charge in [0.05, 0.1) is 32.4 Å². The Kier molecular flexibility index (Phi) is 7.12. The second-order valence-corrected chi connectivity index (χ2v) is 7.57. The van der Waals surface area contributed by atoms with Crippen molar-refractivity contribution in [3.63, 3.8) is 0 Å². The quantitative estimate of drug-likeness (QED) is 0.327. The lowest BCUT2D eigenvalue weighted by atomic mass is 10.1. The monoisotopic (exact) mass is 472 g/mol. The largest absolute Gasteiger partial charge is 0.452 e. The van der Waals surface area contributed by atoms with Gasteiger partial charge >= 0.3 is 5.97 Å². The summed E-state index contributed by atoms with van der Waals surface area (Å²) in [7, 11) is 0. The van der Waals surface area contributed by atoms with Crippen molar-refractivity contribution >= 4 is 52.6 Å². The van der Waals surface area contributed by atoms with Crippen LogP contribution in [0.3, 0.4) is 0 Å². The molecule has 0 N–H and O–H groups in total. The summed E-state index contributed by atoms with van der Waals surface area (Å²) < 4.78 is 5.09. The summed E-state index contributed by atoms with van der Waals surface area (Å²) in [5, 5.41) is 0.475. The molecule has 2 aromatic rings. The van der Waals surface area contributed by atoms with Gasteiger partial charge in [0.2, 0.25) is 0 Å². The van der Waals surface area contributed by atoms with Crippen LogP contribution in [0.15, 0.2) is 61.7 Å². The molecule has 7 nitrogen and oxygen atoms in total. The molecule has 164 valence electrons. The van der Waals surface area contributed by atoms with E-state index >= 15 is 0 Å². The molecular formula is C23H18Cl2N2O5. The van der Waals surface area contributed by atoms with Crippen LogP contribution in [-0.4, -0.2) is 48.3 Å². The number of amides is 3. The molecule has 1 aliphatic rings. The van der Waals surface area contributed by atoms with Crippen molar-refractivity contribution < 1.29 is 23.9 Å². The van der Waals surface area contributed by atoms with Crippen molar-refractivity contribution in [2.75, 3.05) is 24.6 Å². The zero-order valence-corrected chi connectivity index (χ0v) is 18.4. The Hall–Kier alpha value is -3.42. The molecule has 0 unspecified atom stereocenters. The van der Waals surface area contributed by atoms with E-state index in [2.05, 4.69) is 13.2 Å². The van der Waals surface area contributed by atoms with Gasteiger partial charge in [-0.05, 0) is 36.4 Å². The average molecular weight is 473 g/mol. The fraction of sp³-hybridized carbons (Fsp3) is 0.130. The van der Waals surface area contributed by atoms with Gasteiger partial charge in [-0.1, -0.05) is 35.4 Å². The third-order valence-corrected chi connectivity index (χ3v) is 5.40. The predicted octanol–water partition coefficient (Wildman–Crippen LogP) is 4.15. The maximum Gasteiger partial charge on any atom is 0.338 e. The van der Waals surface area contributed by atoms with Gasteiger partial charge in [-0.3, -0.25) is 14.4 Å². The summed E-state index contributed by atoms with van der Waals surface area (Å²) in [5.41, 5.74) is 0.469. The highest BCUT2D eigenvalue weighted by molar-refractivity contribution is 6.42. The van der Waals surface area contributed by atoms with E-state index in [-0.39, 0.29) is 45.5 Å². The standard InChI is InChI=1S/C23H18Cl2N2O5/c1-3-9-26(10-4-2)20(28)13-32-23(31)14-5-7-16-17(11-14)22(30)27(21(16)29)15-6-8-18(24)19(25)12-15/h3-8,11-12H,1-2,9-10,13H2. The highest BCUT2D eigenvalue weighted by Crippen LogP contribution is 2.33. The molecule has 0 aromatic heterocycles. The summed E-state index contributed by atoms with van der Waals surface area (Å²) in [6.45, 7) is 7.23. The third kappa shape index (κ3) is 4.59. The van der Waals surface area contributed by atoms with Crippen molar-refractivity contribution in [3.05, 3.63) is 88.4 Å². The fourth-order valence-corrected chi connectivity index (χ4v) is 3.41. The van der Waals surface area contributed by atoms with Gasteiger partial charge in [0, 0.05) is 13.1 Å². The molecule has 0 saturated carbocycles. The molecule has 32 heavy (non-hydrogen) atoms. The van der Waals surface area contributed by atoms with E-state index in [0.29, 0.717) is 0 Å². The lowest BCUT2D eigenvalue weighted by Crippen LogP contribution is -2.35. The van der Waals surface area contributed by atoms with E-state index in [1.807, 2.05) is 0 Å². The Morgan fingerprint density at radius 3 is 2.22 bits per heavy atom. The first-order chi connectivity index (χ1) is 15.3. The van der Waals surface area contributed by atoms with E-state index in [1.165, 1.54) is 41.3 Å². The molecule has 0 atom stereocenters. The maximum absolute atomic E-state index is 12.9. The van der Waals surface area contributed by atoms with Crippen LogP contribution in [0.25, 0.3) is 0 Å². The summed E-state index contributed by atoms with van der Waals surface area (Å²) in [6.07, 6.45) is 3.10. The van der Waals surface area contributed by atoms with Crippen molar-refractivity contribution in [2.45, 2.75) is 0 Å². The SMILES string of the molecule is C=CCN(CC=C)C(=O)COC(=O)c1ccc2c(c1)C(=O)N(c1ccc(Cl)c(Cl)c1)C2=O. The highest BCUT2D eigenvalue weighted by atomic mass is 35.5. The molecule has 1 heterocycles. The van der Waals surface area contributed by atoms with Crippen LogP contribution in [0.4, 0.5) is 5.69 Å². The Labute approximate surface area is 194 Å². The first-order valence-corrected chi connectivity index (χ1v) is 10.2. The molecule has 0 bridgehead atoms. The van der Waals surface area contributed by atoms with E-state index in [0.717, 1.165) is 4.90 Å². The molecule has 1 aliphatic heterocycles. The number of imide groups is 1. The lowest BCUT2D eigenvalue weighted by molar-refractivity contribution is -0.133. The topological polar surface area (TPSA) is 84.0 Å². The molecule has 0 aliphatic carbocycles. The predicted molar refractivity (Wildman–Crippen MR) is 121 cm³/mol. The number of hydrogen-bond donors (Lipinski definition) is 0. The van der Waals surface area contributed by atoms with Gasteiger partial charge in [-0.15, -0.1) is 13.2 Å². The van der Waals surface area contributed by atoms with Gasteiger partial charge in [0.1, 0.15) is 0 Å². The number of nitrogens with zero attached hydrogens (tertiary/aromatic N) is 2. The maximum atomic E-state index is 12.9. The number of carbonyl (C=O) groups excluding carboxylic acids is 4. The van der Waals surface area contributed by atoms with Crippen molar-refractivity contribution in [1.82, 2.24) is 4.90 Å². The zero-order chi connectivity index (χ0) is 23.4. The molecule has 0 saturated heterocycles. The second kappa shape index (κ2) is 9.80. The van der Waals surface area contributed by atoms with Crippen LogP contribution in [0.2, 0.25) is 10.0 Å². The summed E-state index contributed by atoms with van der Waals surface area (Å²) in [5.74, 6) is -2.39. The van der Waals surface area contributed by atoms with E-state index in [1.54, 1.807) is 12.2 Å². The summed E-state index contributed by atoms with van der Waals surface area (Å²) in [4.78, 5) is 52.6. The van der Waals surface area contributed by atoms with Crippen LogP contribution in [-0.2, 0) is 9.53 Å². The van der Waals surface area contributed by atoms with Gasteiger partial charge in [-0.25, -0.2) is 9.69 Å². The molecule has 2 aromatic carbocycles. The number of esters is 1. The molecule has 0 fully saturated rings. The van der Waals surface area contributed by atoms with E-state index in [9.17, 15) is 19.2 Å². The lowest BCUT2D eigenvalue weighted by Gasteiger charge is -2.18. The smallest absolute Gasteiger partial charge is 0.338 e. The number of ether oxygens (including phenoxy) is 1. The molecule has 3 amide bonds. The van der Waals surface area contributed by atoms with E-state index in [4.69, 9.17) is 27.9 Å². The number of anilines is 1. The normalized spacial score (nSPS) is 12.4. The van der Waals surface area contributed by atoms with Crippen molar-refractivity contribution in [1.29, 1.82) is 0 Å². The molecular weight excluding hydrogens is 455 g/mol. The number of fused-ring (bicyclic) bond motifs is 1. The number of hydrogen-bond acceptors (Lipinski definition) is 5. The van der Waals surface area contributed by atoms with Gasteiger partial charge < -0.3 is 9.64 Å². The zero-order valence-electron chi connectivity index (χ0n) is 16.8. The second-order valence-electron chi connectivity index (χ2n) is 6.76. The molecule has 0 spiro atoms.